The van der Waals surface area contributed by atoms with Crippen LogP contribution in [0.4, 0.5) is 5.69 Å². The maximum absolute atomic E-state index is 12.2. The largest absolute Gasteiger partial charge is 0.497 e. The lowest BCUT2D eigenvalue weighted by atomic mass is 10.2. The van der Waals surface area contributed by atoms with Gasteiger partial charge in [0.05, 0.1) is 31.6 Å². The monoisotopic (exact) mass is 312 g/mol. The first kappa shape index (κ1) is 14.8. The van der Waals surface area contributed by atoms with E-state index >= 15 is 0 Å². The Morgan fingerprint density at radius 1 is 1.17 bits per heavy atom. The molecule has 0 radical (unpaired) electrons. The average molecular weight is 312 g/mol. The van der Waals surface area contributed by atoms with E-state index in [-0.39, 0.29) is 11.6 Å². The van der Waals surface area contributed by atoms with Crippen molar-refractivity contribution in [2.45, 2.75) is 0 Å². The predicted octanol–water partition coefficient (Wildman–Crippen LogP) is 2.24. The normalized spacial score (nSPS) is 10.6. The third-order valence-electron chi connectivity index (χ3n) is 3.43. The van der Waals surface area contributed by atoms with E-state index in [1.165, 1.54) is 11.8 Å². The number of anilines is 1. The summed E-state index contributed by atoms with van der Waals surface area (Å²) in [5.41, 5.74) is 1.67. The van der Waals surface area contributed by atoms with E-state index in [9.17, 15) is 4.79 Å². The second kappa shape index (κ2) is 5.96. The Hall–Kier alpha value is -3.09. The van der Waals surface area contributed by atoms with E-state index in [4.69, 9.17) is 9.47 Å². The summed E-state index contributed by atoms with van der Waals surface area (Å²) >= 11 is 0. The first-order valence-corrected chi connectivity index (χ1v) is 6.94. The SMILES string of the molecule is COc1ccc2cc(NC(=O)c3cc(OC)n(C)n3)cnc2c1. The van der Waals surface area contributed by atoms with Gasteiger partial charge in [0.15, 0.2) is 5.69 Å². The van der Waals surface area contributed by atoms with Gasteiger partial charge in [-0.05, 0) is 18.2 Å². The first-order chi connectivity index (χ1) is 11.1. The van der Waals surface area contributed by atoms with E-state index in [0.29, 0.717) is 11.6 Å². The number of amides is 1. The van der Waals surface area contributed by atoms with Crippen molar-refractivity contribution in [1.82, 2.24) is 14.8 Å². The Labute approximate surface area is 132 Å². The summed E-state index contributed by atoms with van der Waals surface area (Å²) in [5, 5.41) is 7.79. The van der Waals surface area contributed by atoms with Gasteiger partial charge in [0.25, 0.3) is 5.91 Å². The van der Waals surface area contributed by atoms with Crippen molar-refractivity contribution in [3.63, 3.8) is 0 Å². The van der Waals surface area contributed by atoms with Gasteiger partial charge in [-0.15, -0.1) is 0 Å². The molecule has 0 saturated heterocycles. The lowest BCUT2D eigenvalue weighted by molar-refractivity contribution is 0.102. The van der Waals surface area contributed by atoms with Crippen LogP contribution in [-0.4, -0.2) is 34.9 Å². The molecule has 3 rings (SSSR count). The Morgan fingerprint density at radius 3 is 2.70 bits per heavy atom. The van der Waals surface area contributed by atoms with Gasteiger partial charge in [0.1, 0.15) is 5.75 Å². The lowest BCUT2D eigenvalue weighted by Crippen LogP contribution is -2.13. The Bertz CT molecular complexity index is 873. The van der Waals surface area contributed by atoms with Crippen LogP contribution in [-0.2, 0) is 7.05 Å². The molecule has 3 aromatic rings. The molecule has 2 heterocycles. The fourth-order valence-electron chi connectivity index (χ4n) is 2.24. The molecule has 0 saturated carbocycles. The molecular formula is C16H16N4O3. The number of aromatic nitrogens is 3. The minimum atomic E-state index is -0.321. The number of nitrogens with zero attached hydrogens (tertiary/aromatic N) is 3. The standard InChI is InChI=1S/C16H16N4O3/c1-20-15(23-3)8-14(19-20)16(21)18-11-6-10-4-5-12(22-2)7-13(10)17-9-11/h4-9H,1-3H3,(H,18,21). The van der Waals surface area contributed by atoms with Crippen LogP contribution in [0, 0.1) is 0 Å². The summed E-state index contributed by atoms with van der Waals surface area (Å²) in [5.74, 6) is 0.930. The summed E-state index contributed by atoms with van der Waals surface area (Å²) in [7, 11) is 4.84. The van der Waals surface area contributed by atoms with Gasteiger partial charge in [-0.1, -0.05) is 0 Å². The highest BCUT2D eigenvalue weighted by atomic mass is 16.5. The van der Waals surface area contributed by atoms with E-state index < -0.39 is 0 Å². The van der Waals surface area contributed by atoms with E-state index in [0.717, 1.165) is 16.7 Å². The van der Waals surface area contributed by atoms with Gasteiger partial charge in [0.2, 0.25) is 5.88 Å². The number of fused-ring (bicyclic) bond motifs is 1. The summed E-state index contributed by atoms with van der Waals surface area (Å²) in [6, 6.07) is 9.00. The number of ether oxygens (including phenoxy) is 2. The van der Waals surface area contributed by atoms with Crippen molar-refractivity contribution in [2.24, 2.45) is 7.05 Å². The molecule has 7 nitrogen and oxygen atoms in total. The van der Waals surface area contributed by atoms with Crippen molar-refractivity contribution in [1.29, 1.82) is 0 Å². The number of hydrogen-bond acceptors (Lipinski definition) is 5. The van der Waals surface area contributed by atoms with Crippen LogP contribution in [0.15, 0.2) is 36.5 Å². The molecule has 23 heavy (non-hydrogen) atoms. The molecule has 2 aromatic heterocycles. The molecule has 7 heteroatoms. The minimum absolute atomic E-state index is 0.277. The van der Waals surface area contributed by atoms with Crippen molar-refractivity contribution in [2.75, 3.05) is 19.5 Å². The van der Waals surface area contributed by atoms with Gasteiger partial charge in [-0.3, -0.25) is 9.78 Å². The molecule has 0 spiro atoms. The van der Waals surface area contributed by atoms with E-state index in [1.807, 2.05) is 24.3 Å². The number of hydrogen-bond donors (Lipinski definition) is 1. The number of rotatable bonds is 4. The second-order valence-electron chi connectivity index (χ2n) is 4.93. The molecule has 1 amide bonds. The number of nitrogens with one attached hydrogen (secondary N) is 1. The van der Waals surface area contributed by atoms with Gasteiger partial charge in [-0.25, -0.2) is 4.68 Å². The fourth-order valence-corrected chi connectivity index (χ4v) is 2.24. The Morgan fingerprint density at radius 2 is 2.00 bits per heavy atom. The highest BCUT2D eigenvalue weighted by Crippen LogP contribution is 2.22. The minimum Gasteiger partial charge on any atom is -0.497 e. The third-order valence-corrected chi connectivity index (χ3v) is 3.43. The van der Waals surface area contributed by atoms with Crippen LogP contribution in [0.25, 0.3) is 10.9 Å². The van der Waals surface area contributed by atoms with Gasteiger partial charge in [0, 0.05) is 24.6 Å². The highest BCUT2D eigenvalue weighted by molar-refractivity contribution is 6.03. The maximum Gasteiger partial charge on any atom is 0.276 e. The summed E-state index contributed by atoms with van der Waals surface area (Å²) in [6.45, 7) is 0. The van der Waals surface area contributed by atoms with E-state index in [1.54, 1.807) is 26.4 Å². The topological polar surface area (TPSA) is 78.3 Å². The number of carbonyl (C=O) groups excluding carboxylic acids is 1. The van der Waals surface area contributed by atoms with Crippen LogP contribution in [0.2, 0.25) is 0 Å². The van der Waals surface area contributed by atoms with Crippen molar-refractivity contribution in [3.8, 4) is 11.6 Å². The number of pyridine rings is 1. The molecule has 0 unspecified atom stereocenters. The van der Waals surface area contributed by atoms with Crippen LogP contribution < -0.4 is 14.8 Å². The van der Waals surface area contributed by atoms with E-state index in [2.05, 4.69) is 15.4 Å². The molecular weight excluding hydrogens is 296 g/mol. The molecule has 0 aliphatic rings. The smallest absolute Gasteiger partial charge is 0.276 e. The quantitative estimate of drug-likeness (QED) is 0.799. The maximum atomic E-state index is 12.2. The van der Waals surface area contributed by atoms with Crippen LogP contribution in [0.1, 0.15) is 10.5 Å². The molecule has 1 N–H and O–H groups in total. The molecule has 0 atom stereocenters. The van der Waals surface area contributed by atoms with Gasteiger partial charge < -0.3 is 14.8 Å². The van der Waals surface area contributed by atoms with Crippen molar-refractivity contribution in [3.05, 3.63) is 42.2 Å². The zero-order valence-electron chi connectivity index (χ0n) is 13.0. The molecule has 1 aromatic carbocycles. The predicted molar refractivity (Wildman–Crippen MR) is 86.0 cm³/mol. The molecule has 0 fully saturated rings. The van der Waals surface area contributed by atoms with Crippen molar-refractivity contribution < 1.29 is 14.3 Å². The van der Waals surface area contributed by atoms with Crippen molar-refractivity contribution >= 4 is 22.5 Å². The second-order valence-corrected chi connectivity index (χ2v) is 4.93. The summed E-state index contributed by atoms with van der Waals surface area (Å²) < 4.78 is 11.8. The third kappa shape index (κ3) is 2.94. The van der Waals surface area contributed by atoms with Crippen LogP contribution >= 0.6 is 0 Å². The number of aryl methyl sites for hydroxylation is 1. The zero-order chi connectivity index (χ0) is 16.4. The Balaban J connectivity index is 1.84. The molecule has 0 bridgehead atoms. The fraction of sp³-hybridized carbons (Fsp3) is 0.188. The number of carbonyl (C=O) groups is 1. The summed E-state index contributed by atoms with van der Waals surface area (Å²) in [4.78, 5) is 16.6. The molecule has 118 valence electrons. The lowest BCUT2D eigenvalue weighted by Gasteiger charge is -2.06. The van der Waals surface area contributed by atoms with Crippen LogP contribution in [0.3, 0.4) is 0 Å². The zero-order valence-corrected chi connectivity index (χ0v) is 13.0. The van der Waals surface area contributed by atoms with Gasteiger partial charge >= 0.3 is 0 Å². The van der Waals surface area contributed by atoms with Crippen LogP contribution in [0.5, 0.6) is 11.6 Å². The molecule has 0 aliphatic carbocycles. The first-order valence-electron chi connectivity index (χ1n) is 6.94. The average Bonchev–Trinajstić information content (AvgIpc) is 2.95. The highest BCUT2D eigenvalue weighted by Gasteiger charge is 2.13. The van der Waals surface area contributed by atoms with Gasteiger partial charge in [-0.2, -0.15) is 5.10 Å². The Kier molecular flexibility index (Phi) is 3.84. The molecule has 0 aliphatic heterocycles. The summed E-state index contributed by atoms with van der Waals surface area (Å²) in [6.07, 6.45) is 1.60. The number of methoxy groups -OCH3 is 2. The number of benzene rings is 1.